The smallest absolute Gasteiger partial charge is 0.319 e. The summed E-state index contributed by atoms with van der Waals surface area (Å²) < 4.78 is 26.7. The normalized spacial score (nSPS) is 11.3. The summed E-state index contributed by atoms with van der Waals surface area (Å²) in [5, 5.41) is 7.04. The van der Waals surface area contributed by atoms with Gasteiger partial charge in [-0.1, -0.05) is 36.4 Å². The first-order chi connectivity index (χ1) is 14.3. The summed E-state index contributed by atoms with van der Waals surface area (Å²) in [6.07, 6.45) is 0.315. The minimum absolute atomic E-state index is 0.0480. The molecule has 0 spiro atoms. The summed E-state index contributed by atoms with van der Waals surface area (Å²) in [4.78, 5) is 14.3. The number of hydrogen-bond donors (Lipinski definition) is 2. The molecule has 2 amide bonds. The Kier molecular flexibility index (Phi) is 6.99. The number of carbonyl (C=O) groups is 1. The molecule has 0 saturated heterocycles. The molecule has 6 nitrogen and oxygen atoms in total. The summed E-state index contributed by atoms with van der Waals surface area (Å²) >= 11 is 3.37. The molecular formula is C22H24BrN3O3S. The van der Waals surface area contributed by atoms with Crippen molar-refractivity contribution < 1.29 is 13.2 Å². The van der Waals surface area contributed by atoms with Gasteiger partial charge in [0.05, 0.1) is 16.3 Å². The average Bonchev–Trinajstić information content (AvgIpc) is 2.72. The first-order valence-electron chi connectivity index (χ1n) is 9.51. The molecule has 0 radical (unpaired) electrons. The van der Waals surface area contributed by atoms with Crippen molar-refractivity contribution in [3.05, 3.63) is 65.1 Å². The number of sulfone groups is 1. The molecule has 0 saturated carbocycles. The minimum Gasteiger partial charge on any atom is -0.377 e. The van der Waals surface area contributed by atoms with Gasteiger partial charge >= 0.3 is 6.03 Å². The maximum Gasteiger partial charge on any atom is 0.319 e. The second-order valence-corrected chi connectivity index (χ2v) is 9.99. The fourth-order valence-electron chi connectivity index (χ4n) is 3.23. The topological polar surface area (TPSA) is 78.5 Å². The van der Waals surface area contributed by atoms with E-state index in [1.54, 1.807) is 18.2 Å². The SMILES string of the molecule is CN(C)c1cccc2c(S(=O)(=O)CCCNC(=O)Nc3ccccc3Br)cccc12. The molecule has 30 heavy (non-hydrogen) atoms. The van der Waals surface area contributed by atoms with Gasteiger partial charge in [-0.05, 0) is 46.6 Å². The first kappa shape index (κ1) is 22.1. The van der Waals surface area contributed by atoms with Crippen LogP contribution < -0.4 is 15.5 Å². The number of rotatable bonds is 7. The molecule has 158 valence electrons. The van der Waals surface area contributed by atoms with E-state index in [-0.39, 0.29) is 18.3 Å². The van der Waals surface area contributed by atoms with Gasteiger partial charge in [0.25, 0.3) is 0 Å². The highest BCUT2D eigenvalue weighted by Gasteiger charge is 2.18. The summed E-state index contributed by atoms with van der Waals surface area (Å²) in [7, 11) is 0.372. The second kappa shape index (κ2) is 9.49. The standard InChI is InChI=1S/C22H24BrN3O3S/c1-26(2)20-12-5-9-17-16(20)8-6-13-21(17)30(28,29)15-7-14-24-22(27)25-19-11-4-3-10-18(19)23/h3-6,8-13H,7,14-15H2,1-2H3,(H2,24,25,27). The minimum atomic E-state index is -3.49. The maximum atomic E-state index is 13.0. The molecule has 3 aromatic rings. The van der Waals surface area contributed by atoms with Gasteiger partial charge in [0.15, 0.2) is 9.84 Å². The number of halogens is 1. The van der Waals surface area contributed by atoms with Crippen molar-refractivity contribution in [1.82, 2.24) is 5.32 Å². The predicted molar refractivity (Wildman–Crippen MR) is 126 cm³/mol. The Bertz CT molecular complexity index is 1160. The van der Waals surface area contributed by atoms with Crippen molar-refractivity contribution in [3.8, 4) is 0 Å². The summed E-state index contributed by atoms with van der Waals surface area (Å²) in [6, 6.07) is 17.9. The number of benzene rings is 3. The van der Waals surface area contributed by atoms with Gasteiger partial charge in [-0.3, -0.25) is 0 Å². The van der Waals surface area contributed by atoms with E-state index in [1.165, 1.54) is 0 Å². The predicted octanol–water partition coefficient (Wildman–Crippen LogP) is 4.65. The van der Waals surface area contributed by atoms with Gasteiger partial charge in [0, 0.05) is 41.6 Å². The lowest BCUT2D eigenvalue weighted by atomic mass is 10.1. The lowest BCUT2D eigenvalue weighted by Crippen LogP contribution is -2.30. The number of carbonyl (C=O) groups excluding carboxylic acids is 1. The zero-order chi connectivity index (χ0) is 21.7. The van der Waals surface area contributed by atoms with Crippen LogP contribution in [-0.4, -0.2) is 40.8 Å². The molecule has 0 aromatic heterocycles. The van der Waals surface area contributed by atoms with Crippen molar-refractivity contribution in [2.75, 3.05) is 36.6 Å². The van der Waals surface area contributed by atoms with Gasteiger partial charge in [0.2, 0.25) is 0 Å². The number of hydrogen-bond acceptors (Lipinski definition) is 4. The fourth-order valence-corrected chi connectivity index (χ4v) is 5.16. The molecule has 0 aliphatic heterocycles. The van der Waals surface area contributed by atoms with Gasteiger partial charge < -0.3 is 15.5 Å². The third kappa shape index (κ3) is 5.12. The Morgan fingerprint density at radius 3 is 2.40 bits per heavy atom. The number of amides is 2. The third-order valence-electron chi connectivity index (χ3n) is 4.67. The van der Waals surface area contributed by atoms with E-state index in [0.717, 1.165) is 15.5 Å². The number of fused-ring (bicyclic) bond motifs is 1. The fraction of sp³-hybridized carbons (Fsp3) is 0.227. The van der Waals surface area contributed by atoms with E-state index >= 15 is 0 Å². The Morgan fingerprint density at radius 1 is 0.967 bits per heavy atom. The van der Waals surface area contributed by atoms with Crippen LogP contribution in [0.3, 0.4) is 0 Å². The third-order valence-corrected chi connectivity index (χ3v) is 7.22. The monoisotopic (exact) mass is 489 g/mol. The van der Waals surface area contributed by atoms with Crippen LogP contribution in [0.25, 0.3) is 10.8 Å². The van der Waals surface area contributed by atoms with Crippen LogP contribution in [0.1, 0.15) is 6.42 Å². The number of anilines is 2. The summed E-state index contributed by atoms with van der Waals surface area (Å²) in [5.41, 5.74) is 1.62. The number of para-hydroxylation sites is 1. The highest BCUT2D eigenvalue weighted by Crippen LogP contribution is 2.30. The molecule has 0 aliphatic carbocycles. The molecular weight excluding hydrogens is 466 g/mol. The van der Waals surface area contributed by atoms with Crippen molar-refractivity contribution in [2.45, 2.75) is 11.3 Å². The van der Waals surface area contributed by atoms with E-state index in [9.17, 15) is 13.2 Å². The second-order valence-electron chi connectivity index (χ2n) is 7.06. The van der Waals surface area contributed by atoms with Crippen LogP contribution in [0.4, 0.5) is 16.2 Å². The molecule has 0 bridgehead atoms. The molecule has 0 fully saturated rings. The highest BCUT2D eigenvalue weighted by molar-refractivity contribution is 9.10. The van der Waals surface area contributed by atoms with Crippen LogP contribution in [-0.2, 0) is 9.84 Å². The van der Waals surface area contributed by atoms with Gasteiger partial charge in [-0.25, -0.2) is 13.2 Å². The lowest BCUT2D eigenvalue weighted by Gasteiger charge is -2.17. The van der Waals surface area contributed by atoms with Crippen molar-refractivity contribution in [1.29, 1.82) is 0 Å². The molecule has 3 aromatic carbocycles. The Balaban J connectivity index is 1.64. The molecule has 0 unspecified atom stereocenters. The summed E-state index contributed by atoms with van der Waals surface area (Å²) in [6.45, 7) is 0.253. The lowest BCUT2D eigenvalue weighted by molar-refractivity contribution is 0.252. The van der Waals surface area contributed by atoms with E-state index in [4.69, 9.17) is 0 Å². The van der Waals surface area contributed by atoms with E-state index < -0.39 is 9.84 Å². The zero-order valence-electron chi connectivity index (χ0n) is 16.9. The largest absolute Gasteiger partial charge is 0.377 e. The van der Waals surface area contributed by atoms with Crippen molar-refractivity contribution in [2.24, 2.45) is 0 Å². The van der Waals surface area contributed by atoms with Gasteiger partial charge in [-0.15, -0.1) is 0 Å². The summed E-state index contributed by atoms with van der Waals surface area (Å²) in [5.74, 6) is -0.0480. The molecule has 8 heteroatoms. The molecule has 0 aliphatic rings. The van der Waals surface area contributed by atoms with Crippen molar-refractivity contribution in [3.63, 3.8) is 0 Å². The molecule has 3 rings (SSSR count). The van der Waals surface area contributed by atoms with E-state index in [0.29, 0.717) is 22.4 Å². The number of urea groups is 1. The van der Waals surface area contributed by atoms with Crippen LogP contribution >= 0.6 is 15.9 Å². The van der Waals surface area contributed by atoms with E-state index in [1.807, 2.05) is 61.5 Å². The number of nitrogens with zero attached hydrogens (tertiary/aromatic N) is 1. The van der Waals surface area contributed by atoms with Crippen LogP contribution in [0, 0.1) is 0 Å². The Labute approximate surface area is 185 Å². The molecule has 2 N–H and O–H groups in total. The average molecular weight is 490 g/mol. The van der Waals surface area contributed by atoms with Gasteiger partial charge in [0.1, 0.15) is 0 Å². The Hall–Kier alpha value is -2.58. The van der Waals surface area contributed by atoms with Crippen LogP contribution in [0.2, 0.25) is 0 Å². The molecule has 0 atom stereocenters. The Morgan fingerprint density at radius 2 is 1.67 bits per heavy atom. The molecule has 0 heterocycles. The zero-order valence-corrected chi connectivity index (χ0v) is 19.3. The van der Waals surface area contributed by atoms with Crippen LogP contribution in [0.5, 0.6) is 0 Å². The first-order valence-corrected chi connectivity index (χ1v) is 12.0. The maximum absolute atomic E-state index is 13.0. The van der Waals surface area contributed by atoms with Crippen molar-refractivity contribution >= 4 is 53.9 Å². The highest BCUT2D eigenvalue weighted by atomic mass is 79.9. The van der Waals surface area contributed by atoms with E-state index in [2.05, 4.69) is 26.6 Å². The van der Waals surface area contributed by atoms with Crippen LogP contribution in [0.15, 0.2) is 70.0 Å². The number of nitrogens with one attached hydrogen (secondary N) is 2. The van der Waals surface area contributed by atoms with Gasteiger partial charge in [-0.2, -0.15) is 0 Å². The quantitative estimate of drug-likeness (QED) is 0.473.